The highest BCUT2D eigenvalue weighted by Gasteiger charge is 2.35. The van der Waals surface area contributed by atoms with Gasteiger partial charge in [-0.15, -0.1) is 0 Å². The van der Waals surface area contributed by atoms with Gasteiger partial charge in [0.05, 0.1) is 0 Å². The van der Waals surface area contributed by atoms with E-state index in [4.69, 9.17) is 0 Å². The maximum absolute atomic E-state index is 3.11. The van der Waals surface area contributed by atoms with Crippen LogP contribution >= 0.6 is 0 Å². The smallest absolute Gasteiger partial charge is 0.00951 e. The molecule has 0 bridgehead atoms. The summed E-state index contributed by atoms with van der Waals surface area (Å²) >= 11 is 0. The summed E-state index contributed by atoms with van der Waals surface area (Å²) < 4.78 is 0. The number of rotatable bonds is 7. The van der Waals surface area contributed by atoms with E-state index in [2.05, 4.69) is 113 Å². The minimum atomic E-state index is 0.445. The highest BCUT2D eigenvalue weighted by Crippen LogP contribution is 2.52. The molecule has 41 heavy (non-hydrogen) atoms. The summed E-state index contributed by atoms with van der Waals surface area (Å²) in [6, 6.07) is 18.1. The highest BCUT2D eigenvalue weighted by molar-refractivity contribution is 5.86. The van der Waals surface area contributed by atoms with E-state index in [0.717, 1.165) is 32.1 Å². The summed E-state index contributed by atoms with van der Waals surface area (Å²) in [6.07, 6.45) is 16.8. The summed E-state index contributed by atoms with van der Waals surface area (Å²) in [4.78, 5) is 0. The number of benzene rings is 2. The van der Waals surface area contributed by atoms with E-state index in [1.165, 1.54) is 39.0 Å². The van der Waals surface area contributed by atoms with Gasteiger partial charge in [-0.05, 0) is 109 Å². The summed E-state index contributed by atoms with van der Waals surface area (Å²) in [5, 5.41) is 3.11. The maximum Gasteiger partial charge on any atom is 0.00951 e. The average molecular weight is 546 g/mol. The highest BCUT2D eigenvalue weighted by atomic mass is 14.8. The molecule has 0 amide bonds. The van der Waals surface area contributed by atoms with Gasteiger partial charge in [0, 0.05) is 13.0 Å². The third kappa shape index (κ3) is 6.45. The third-order valence-corrected chi connectivity index (χ3v) is 9.50. The molecule has 2 unspecified atom stereocenters. The molecule has 3 aliphatic carbocycles. The van der Waals surface area contributed by atoms with Crippen LogP contribution in [-0.2, 0) is 12.8 Å². The molecular weight excluding hydrogens is 494 g/mol. The Labute approximate surface area is 250 Å². The van der Waals surface area contributed by atoms with Crippen molar-refractivity contribution in [1.82, 2.24) is 5.32 Å². The van der Waals surface area contributed by atoms with Crippen molar-refractivity contribution in [3.8, 4) is 0 Å². The van der Waals surface area contributed by atoms with Crippen LogP contribution in [0.15, 0.2) is 107 Å². The number of nitrogens with one attached hydrogen (secondary N) is 1. The van der Waals surface area contributed by atoms with Crippen molar-refractivity contribution >= 4 is 11.1 Å². The van der Waals surface area contributed by atoms with E-state index in [1.54, 1.807) is 22.3 Å². The van der Waals surface area contributed by atoms with Gasteiger partial charge in [0.15, 0.2) is 0 Å². The first-order valence-electron chi connectivity index (χ1n) is 15.9. The second-order valence-corrected chi connectivity index (χ2v) is 12.0. The Hall–Kier alpha value is -3.32. The molecule has 5 rings (SSSR count). The average Bonchev–Trinajstić information content (AvgIpc) is 3.64. The van der Waals surface area contributed by atoms with Crippen molar-refractivity contribution in [3.63, 3.8) is 0 Å². The quantitative estimate of drug-likeness (QED) is 0.341. The van der Waals surface area contributed by atoms with E-state index in [1.807, 2.05) is 27.1 Å². The van der Waals surface area contributed by atoms with Crippen LogP contribution in [0.2, 0.25) is 0 Å². The lowest BCUT2D eigenvalue weighted by atomic mass is 9.75. The Morgan fingerprint density at radius 3 is 2.37 bits per heavy atom. The van der Waals surface area contributed by atoms with E-state index >= 15 is 0 Å². The summed E-state index contributed by atoms with van der Waals surface area (Å²) in [5.41, 5.74) is 16.9. The molecule has 2 aromatic carbocycles. The van der Waals surface area contributed by atoms with Gasteiger partial charge in [-0.1, -0.05) is 124 Å². The lowest BCUT2D eigenvalue weighted by molar-refractivity contribution is 0.475. The van der Waals surface area contributed by atoms with Crippen LogP contribution in [-0.4, -0.2) is 7.05 Å². The van der Waals surface area contributed by atoms with Crippen LogP contribution in [0.5, 0.6) is 0 Å². The molecule has 0 saturated heterocycles. The van der Waals surface area contributed by atoms with Crippen LogP contribution in [0, 0.1) is 17.8 Å². The van der Waals surface area contributed by atoms with E-state index in [-0.39, 0.29) is 0 Å². The third-order valence-electron chi connectivity index (χ3n) is 9.50. The van der Waals surface area contributed by atoms with Crippen molar-refractivity contribution in [2.24, 2.45) is 17.8 Å². The number of fused-ring (bicyclic) bond motifs is 1. The number of hydrogen-bond donors (Lipinski definition) is 1. The van der Waals surface area contributed by atoms with Crippen LogP contribution in [0.3, 0.4) is 0 Å². The van der Waals surface area contributed by atoms with Gasteiger partial charge in [-0.2, -0.15) is 0 Å². The van der Waals surface area contributed by atoms with Crippen molar-refractivity contribution in [2.45, 2.75) is 80.6 Å². The van der Waals surface area contributed by atoms with Gasteiger partial charge < -0.3 is 5.32 Å². The summed E-state index contributed by atoms with van der Waals surface area (Å²) in [6.45, 7) is 15.8. The van der Waals surface area contributed by atoms with Gasteiger partial charge in [0.2, 0.25) is 0 Å². The standard InChI is InChI=1S/C38H45N.C2H6/c1-7-32(34-17-11-16-30-21-28(22-36(30)34)13-12-20-39-6)35-19-18-33(29-14-9-8-10-15-29)37-23-31(24-38(35)37)27(5)26(4)25(2)3;1-2/h7-18,20,25-26,35,39H,19,21-24H2,1-6H3;1-2H3/b20-12-,28-13-,31-27-,32-7?;. The van der Waals surface area contributed by atoms with E-state index in [0.29, 0.717) is 17.8 Å². The Kier molecular flexibility index (Phi) is 10.5. The summed E-state index contributed by atoms with van der Waals surface area (Å²) in [7, 11) is 1.95. The van der Waals surface area contributed by atoms with Gasteiger partial charge in [0.1, 0.15) is 0 Å². The fourth-order valence-electron chi connectivity index (χ4n) is 6.91. The Balaban J connectivity index is 0.00000189. The fraction of sp³-hybridized carbons (Fsp3) is 0.400. The molecule has 1 heteroatoms. The first kappa shape index (κ1) is 30.6. The Morgan fingerprint density at radius 2 is 1.68 bits per heavy atom. The zero-order valence-electron chi connectivity index (χ0n) is 26.8. The predicted octanol–water partition coefficient (Wildman–Crippen LogP) is 10.7. The van der Waals surface area contributed by atoms with Crippen molar-refractivity contribution in [2.75, 3.05) is 7.05 Å². The molecule has 3 aliphatic rings. The molecule has 0 aliphatic heterocycles. The van der Waals surface area contributed by atoms with Crippen molar-refractivity contribution < 1.29 is 0 Å². The number of allylic oxidation sites excluding steroid dienone is 11. The van der Waals surface area contributed by atoms with Crippen LogP contribution in [0.1, 0.15) is 90.0 Å². The molecule has 0 spiro atoms. The van der Waals surface area contributed by atoms with E-state index < -0.39 is 0 Å². The van der Waals surface area contributed by atoms with Crippen LogP contribution in [0.4, 0.5) is 0 Å². The molecular formula is C40H51N. The van der Waals surface area contributed by atoms with Gasteiger partial charge in [-0.25, -0.2) is 0 Å². The lowest BCUT2D eigenvalue weighted by Crippen LogP contribution is -2.12. The minimum absolute atomic E-state index is 0.445. The zero-order chi connectivity index (χ0) is 29.5. The van der Waals surface area contributed by atoms with Gasteiger partial charge in [0.25, 0.3) is 0 Å². The fourth-order valence-corrected chi connectivity index (χ4v) is 6.91. The molecule has 0 heterocycles. The SMILES string of the molecule is CC.CC=C(c1cccc2c1C/C(=C\C=C/NC)C2)C1CC=C(c2ccccc2)C2=C1C/C(=C(/C)C(C)C(C)C)C2. The van der Waals surface area contributed by atoms with E-state index in [9.17, 15) is 0 Å². The topological polar surface area (TPSA) is 12.0 Å². The molecule has 216 valence electrons. The zero-order valence-corrected chi connectivity index (χ0v) is 26.8. The normalized spacial score (nSPS) is 21.5. The Morgan fingerprint density at radius 1 is 0.927 bits per heavy atom. The molecule has 0 radical (unpaired) electrons. The second-order valence-electron chi connectivity index (χ2n) is 12.0. The first-order chi connectivity index (χ1) is 19.9. The maximum atomic E-state index is 3.11. The lowest BCUT2D eigenvalue weighted by Gasteiger charge is -2.29. The minimum Gasteiger partial charge on any atom is -0.394 e. The number of hydrogen-bond acceptors (Lipinski definition) is 1. The Bertz CT molecular complexity index is 1400. The van der Waals surface area contributed by atoms with Crippen LogP contribution in [0.25, 0.3) is 11.1 Å². The molecule has 1 N–H and O–H groups in total. The molecule has 2 atom stereocenters. The van der Waals surface area contributed by atoms with Crippen molar-refractivity contribution in [1.29, 1.82) is 0 Å². The van der Waals surface area contributed by atoms with Crippen LogP contribution < -0.4 is 5.32 Å². The second kappa shape index (κ2) is 14.0. The van der Waals surface area contributed by atoms with Gasteiger partial charge in [-0.3, -0.25) is 0 Å². The monoisotopic (exact) mass is 545 g/mol. The predicted molar refractivity (Wildman–Crippen MR) is 181 cm³/mol. The largest absolute Gasteiger partial charge is 0.394 e. The first-order valence-corrected chi connectivity index (χ1v) is 15.9. The van der Waals surface area contributed by atoms with Gasteiger partial charge >= 0.3 is 0 Å². The molecule has 0 aromatic heterocycles. The summed E-state index contributed by atoms with van der Waals surface area (Å²) in [5.74, 6) is 1.73. The molecule has 0 saturated carbocycles. The van der Waals surface area contributed by atoms with Crippen molar-refractivity contribution in [3.05, 3.63) is 129 Å². The molecule has 1 nitrogen and oxygen atoms in total. The molecule has 2 aromatic rings. The molecule has 0 fully saturated rings.